The lowest BCUT2D eigenvalue weighted by Crippen LogP contribution is -2.29. The van der Waals surface area contributed by atoms with Gasteiger partial charge in [0.05, 0.1) is 26.9 Å². The summed E-state index contributed by atoms with van der Waals surface area (Å²) in [5.41, 5.74) is 4.09. The van der Waals surface area contributed by atoms with E-state index in [0.29, 0.717) is 27.4 Å². The predicted octanol–water partition coefficient (Wildman–Crippen LogP) is 5.16. The molecule has 0 fully saturated rings. The van der Waals surface area contributed by atoms with Crippen LogP contribution < -0.4 is 10.3 Å². The lowest BCUT2D eigenvalue weighted by Gasteiger charge is -2.21. The Morgan fingerprint density at radius 2 is 1.84 bits per heavy atom. The molecule has 5 aromatic rings. The molecule has 1 aliphatic heterocycles. The number of carbonyl (C=O) groups excluding carboxylic acids is 1. The van der Waals surface area contributed by atoms with Crippen molar-refractivity contribution in [1.29, 1.82) is 0 Å². The number of aryl methyl sites for hydroxylation is 2. The molecule has 0 bridgehead atoms. The maximum atomic E-state index is 13.6. The monoisotopic (exact) mass is 439 g/mol. The highest BCUT2D eigenvalue weighted by atomic mass is 32.1. The van der Waals surface area contributed by atoms with Crippen LogP contribution in [0.15, 0.2) is 70.0 Å². The molecule has 0 unspecified atom stereocenters. The Kier molecular flexibility index (Phi) is 4.03. The summed E-state index contributed by atoms with van der Waals surface area (Å²) in [6.45, 7) is 4.04. The number of hydrogen-bond acceptors (Lipinski definition) is 6. The number of benzene rings is 2. The van der Waals surface area contributed by atoms with Gasteiger partial charge in [0.25, 0.3) is 5.91 Å². The lowest BCUT2D eigenvalue weighted by atomic mass is 10.0. The molecule has 156 valence electrons. The van der Waals surface area contributed by atoms with Gasteiger partial charge >= 0.3 is 0 Å². The van der Waals surface area contributed by atoms with E-state index in [1.54, 1.807) is 41.4 Å². The van der Waals surface area contributed by atoms with Crippen molar-refractivity contribution in [1.82, 2.24) is 9.97 Å². The molecular formula is C25H17N3O3S. The molecule has 0 aliphatic carbocycles. The number of carbonyl (C=O) groups is 1. The fourth-order valence-corrected chi connectivity index (χ4v) is 5.56. The number of amides is 1. The average molecular weight is 439 g/mol. The minimum atomic E-state index is -0.707. The van der Waals surface area contributed by atoms with Crippen LogP contribution in [0.1, 0.15) is 39.0 Å². The minimum absolute atomic E-state index is 0.0523. The highest BCUT2D eigenvalue weighted by molar-refractivity contribution is 7.22. The summed E-state index contributed by atoms with van der Waals surface area (Å²) in [6, 6.07) is 15.9. The predicted molar refractivity (Wildman–Crippen MR) is 124 cm³/mol. The second-order valence-electron chi connectivity index (χ2n) is 7.93. The first kappa shape index (κ1) is 18.9. The SMILES string of the molecule is Cc1cc(C)c2nc(N3C(=O)c4oc5ccccc5c(=O)c4[C@H]3c3ccccn3)sc2c1. The van der Waals surface area contributed by atoms with Gasteiger partial charge in [0.15, 0.2) is 10.6 Å². The molecular weight excluding hydrogens is 422 g/mol. The zero-order chi connectivity index (χ0) is 22.0. The largest absolute Gasteiger partial charge is 0.450 e. The number of nitrogens with zero attached hydrogens (tertiary/aromatic N) is 3. The van der Waals surface area contributed by atoms with Crippen LogP contribution in [0, 0.1) is 13.8 Å². The van der Waals surface area contributed by atoms with E-state index in [0.717, 1.165) is 21.3 Å². The molecule has 1 amide bonds. The number of fused-ring (bicyclic) bond motifs is 3. The number of pyridine rings is 1. The van der Waals surface area contributed by atoms with Crippen molar-refractivity contribution in [3.05, 3.63) is 99.2 Å². The molecule has 0 saturated heterocycles. The first-order valence-electron chi connectivity index (χ1n) is 10.2. The molecule has 7 heteroatoms. The second kappa shape index (κ2) is 6.83. The third-order valence-electron chi connectivity index (χ3n) is 5.77. The highest BCUT2D eigenvalue weighted by Gasteiger charge is 2.45. The third kappa shape index (κ3) is 2.64. The van der Waals surface area contributed by atoms with Crippen LogP contribution >= 0.6 is 11.3 Å². The Morgan fingerprint density at radius 3 is 2.66 bits per heavy atom. The summed E-state index contributed by atoms with van der Waals surface area (Å²) < 4.78 is 6.97. The van der Waals surface area contributed by atoms with Crippen molar-refractivity contribution in [2.45, 2.75) is 19.9 Å². The van der Waals surface area contributed by atoms with Crippen LogP contribution in [0.5, 0.6) is 0 Å². The maximum Gasteiger partial charge on any atom is 0.297 e. The smallest absolute Gasteiger partial charge is 0.297 e. The fraction of sp³-hybridized carbons (Fsp3) is 0.120. The molecule has 6 rings (SSSR count). The zero-order valence-electron chi connectivity index (χ0n) is 17.3. The molecule has 2 aromatic carbocycles. The number of hydrogen-bond donors (Lipinski definition) is 0. The van der Waals surface area contributed by atoms with E-state index in [1.165, 1.54) is 11.3 Å². The van der Waals surface area contributed by atoms with Gasteiger partial charge in [-0.15, -0.1) is 0 Å². The van der Waals surface area contributed by atoms with Gasteiger partial charge in [-0.25, -0.2) is 4.98 Å². The Morgan fingerprint density at radius 1 is 1.03 bits per heavy atom. The minimum Gasteiger partial charge on any atom is -0.450 e. The molecule has 4 heterocycles. The van der Waals surface area contributed by atoms with Crippen molar-refractivity contribution in [3.63, 3.8) is 0 Å². The summed E-state index contributed by atoms with van der Waals surface area (Å²) >= 11 is 1.43. The molecule has 0 N–H and O–H groups in total. The summed E-state index contributed by atoms with van der Waals surface area (Å²) in [6.07, 6.45) is 1.66. The van der Waals surface area contributed by atoms with Gasteiger partial charge in [-0.1, -0.05) is 35.6 Å². The van der Waals surface area contributed by atoms with Gasteiger partial charge < -0.3 is 4.42 Å². The average Bonchev–Trinajstić information content (AvgIpc) is 3.34. The van der Waals surface area contributed by atoms with Crippen LogP contribution in [0.3, 0.4) is 0 Å². The number of anilines is 1. The Labute approximate surface area is 186 Å². The van der Waals surface area contributed by atoms with Gasteiger partial charge in [-0.05, 0) is 55.3 Å². The first-order valence-corrected chi connectivity index (χ1v) is 11.0. The van der Waals surface area contributed by atoms with Crippen LogP contribution in [0.25, 0.3) is 21.2 Å². The van der Waals surface area contributed by atoms with E-state index < -0.39 is 6.04 Å². The van der Waals surface area contributed by atoms with Crippen LogP contribution in [-0.2, 0) is 0 Å². The van der Waals surface area contributed by atoms with E-state index in [1.807, 2.05) is 26.0 Å². The van der Waals surface area contributed by atoms with Gasteiger partial charge in [0.2, 0.25) is 5.76 Å². The Balaban J connectivity index is 1.65. The topological polar surface area (TPSA) is 76.3 Å². The van der Waals surface area contributed by atoms with Crippen LogP contribution in [0.2, 0.25) is 0 Å². The van der Waals surface area contributed by atoms with Gasteiger partial charge in [0, 0.05) is 6.20 Å². The molecule has 0 saturated carbocycles. The number of aromatic nitrogens is 2. The zero-order valence-corrected chi connectivity index (χ0v) is 18.1. The van der Waals surface area contributed by atoms with Crippen LogP contribution in [-0.4, -0.2) is 15.9 Å². The summed E-state index contributed by atoms with van der Waals surface area (Å²) in [4.78, 5) is 38.0. The Hall–Kier alpha value is -3.84. The summed E-state index contributed by atoms with van der Waals surface area (Å²) in [5, 5.41) is 0.960. The molecule has 0 radical (unpaired) electrons. The summed E-state index contributed by atoms with van der Waals surface area (Å²) in [5.74, 6) is -0.330. The summed E-state index contributed by atoms with van der Waals surface area (Å²) in [7, 11) is 0. The van der Waals surface area contributed by atoms with Gasteiger partial charge in [0.1, 0.15) is 11.6 Å². The van der Waals surface area contributed by atoms with Crippen molar-refractivity contribution in [2.75, 3.05) is 4.90 Å². The first-order chi connectivity index (χ1) is 15.5. The van der Waals surface area contributed by atoms with E-state index in [2.05, 4.69) is 17.1 Å². The molecule has 0 spiro atoms. The van der Waals surface area contributed by atoms with Crippen molar-refractivity contribution in [2.24, 2.45) is 0 Å². The molecule has 1 aliphatic rings. The lowest BCUT2D eigenvalue weighted by molar-refractivity contribution is 0.0970. The van der Waals surface area contributed by atoms with Crippen molar-refractivity contribution in [3.8, 4) is 0 Å². The van der Waals surface area contributed by atoms with E-state index >= 15 is 0 Å². The number of rotatable bonds is 2. The molecule has 6 nitrogen and oxygen atoms in total. The standard InChI is InChI=1S/C25H17N3O3S/c1-13-11-14(2)20-18(12-13)32-25(27-20)28-21(16-8-5-6-10-26-16)19-22(29)15-7-3-4-9-17(15)31-23(19)24(28)30/h3-12,21H,1-2H3/t21-/m1/s1. The normalized spacial score (nSPS) is 15.6. The molecule has 1 atom stereocenters. The van der Waals surface area contributed by atoms with Crippen LogP contribution in [0.4, 0.5) is 5.13 Å². The Bertz CT molecular complexity index is 1600. The third-order valence-corrected chi connectivity index (χ3v) is 6.77. The van der Waals surface area contributed by atoms with E-state index in [4.69, 9.17) is 9.40 Å². The van der Waals surface area contributed by atoms with E-state index in [9.17, 15) is 9.59 Å². The quantitative estimate of drug-likeness (QED) is 0.380. The molecule has 32 heavy (non-hydrogen) atoms. The fourth-order valence-electron chi connectivity index (χ4n) is 4.40. The van der Waals surface area contributed by atoms with E-state index in [-0.39, 0.29) is 17.1 Å². The molecule has 3 aromatic heterocycles. The van der Waals surface area contributed by atoms with Crippen molar-refractivity contribution < 1.29 is 9.21 Å². The van der Waals surface area contributed by atoms with Gasteiger partial charge in [-0.3, -0.25) is 19.5 Å². The van der Waals surface area contributed by atoms with Crippen molar-refractivity contribution >= 4 is 43.6 Å². The second-order valence-corrected chi connectivity index (χ2v) is 8.94. The maximum absolute atomic E-state index is 13.6. The number of thiazole rings is 1. The number of para-hydroxylation sites is 1. The van der Waals surface area contributed by atoms with Gasteiger partial charge in [-0.2, -0.15) is 0 Å². The highest BCUT2D eigenvalue weighted by Crippen LogP contribution is 2.43.